The Hall–Kier alpha value is -2.35. The van der Waals surface area contributed by atoms with Crippen LogP contribution in [0.15, 0.2) is 30.5 Å². The van der Waals surface area contributed by atoms with E-state index in [1.807, 2.05) is 13.8 Å². The average molecular weight is 373 g/mol. The summed E-state index contributed by atoms with van der Waals surface area (Å²) >= 11 is 5.87. The van der Waals surface area contributed by atoms with E-state index >= 15 is 0 Å². The summed E-state index contributed by atoms with van der Waals surface area (Å²) in [7, 11) is 0. The molecule has 1 amide bonds. The topological polar surface area (TPSA) is 66.9 Å². The van der Waals surface area contributed by atoms with E-state index in [2.05, 4.69) is 20.6 Å². The highest BCUT2D eigenvalue weighted by Gasteiger charge is 2.31. The molecule has 0 aliphatic rings. The maximum Gasteiger partial charge on any atom is 0.416 e. The molecule has 0 bridgehead atoms. The van der Waals surface area contributed by atoms with Crippen LogP contribution >= 0.6 is 11.6 Å². The lowest BCUT2D eigenvalue weighted by Gasteiger charge is -2.13. The van der Waals surface area contributed by atoms with Gasteiger partial charge in [-0.1, -0.05) is 18.5 Å². The molecule has 134 valence electrons. The quantitative estimate of drug-likeness (QED) is 0.804. The fraction of sp³-hybridized carbons (Fsp3) is 0.312. The normalized spacial score (nSPS) is 12.6. The van der Waals surface area contributed by atoms with E-state index in [9.17, 15) is 18.0 Å². The molecule has 0 fully saturated rings. The van der Waals surface area contributed by atoms with E-state index in [1.165, 1.54) is 12.3 Å². The summed E-state index contributed by atoms with van der Waals surface area (Å²) in [6.45, 7) is 3.91. The van der Waals surface area contributed by atoms with E-state index in [4.69, 9.17) is 11.6 Å². The molecular weight excluding hydrogens is 357 g/mol. The van der Waals surface area contributed by atoms with Crippen LogP contribution in [0.2, 0.25) is 5.02 Å². The number of nitrogens with zero attached hydrogens (tertiary/aromatic N) is 2. The van der Waals surface area contributed by atoms with Crippen molar-refractivity contribution >= 4 is 29.1 Å². The maximum atomic E-state index is 12.8. The molecule has 0 aliphatic heterocycles. The molecule has 1 heterocycles. The number of alkyl halides is 3. The van der Waals surface area contributed by atoms with Crippen LogP contribution in [-0.2, 0) is 6.18 Å². The summed E-state index contributed by atoms with van der Waals surface area (Å²) in [5.74, 6) is -0.423. The van der Waals surface area contributed by atoms with Gasteiger partial charge in [0.1, 0.15) is 5.69 Å². The molecule has 1 aromatic carbocycles. The van der Waals surface area contributed by atoms with Gasteiger partial charge >= 0.3 is 6.18 Å². The Balaban J connectivity index is 2.21. The van der Waals surface area contributed by atoms with Gasteiger partial charge in [0.15, 0.2) is 0 Å². The predicted molar refractivity (Wildman–Crippen MR) is 89.8 cm³/mol. The van der Waals surface area contributed by atoms with Gasteiger partial charge in [0.05, 0.1) is 16.3 Å². The Morgan fingerprint density at radius 3 is 2.68 bits per heavy atom. The van der Waals surface area contributed by atoms with Crippen molar-refractivity contribution in [2.24, 2.45) is 0 Å². The van der Waals surface area contributed by atoms with Crippen LogP contribution in [0.1, 0.15) is 36.3 Å². The van der Waals surface area contributed by atoms with Crippen LogP contribution < -0.4 is 10.6 Å². The van der Waals surface area contributed by atoms with Crippen molar-refractivity contribution in [3.63, 3.8) is 0 Å². The zero-order valence-corrected chi connectivity index (χ0v) is 14.2. The van der Waals surface area contributed by atoms with Gasteiger partial charge in [0.25, 0.3) is 5.91 Å². The van der Waals surface area contributed by atoms with Crippen molar-refractivity contribution < 1.29 is 18.0 Å². The van der Waals surface area contributed by atoms with Gasteiger partial charge < -0.3 is 10.6 Å². The average Bonchev–Trinajstić information content (AvgIpc) is 2.55. The van der Waals surface area contributed by atoms with E-state index in [0.717, 1.165) is 24.6 Å². The summed E-state index contributed by atoms with van der Waals surface area (Å²) in [5, 5.41) is 5.35. The Labute approximate surface area is 147 Å². The Morgan fingerprint density at radius 2 is 2.04 bits per heavy atom. The van der Waals surface area contributed by atoms with Crippen LogP contribution in [0.3, 0.4) is 0 Å². The van der Waals surface area contributed by atoms with Crippen molar-refractivity contribution in [2.45, 2.75) is 32.5 Å². The third-order valence-corrected chi connectivity index (χ3v) is 3.75. The SMILES string of the molecule is CCC(C)Nc1nccc(C(=O)Nc2cc(C(F)(F)F)ccc2Cl)n1. The molecular formula is C16H16ClF3N4O. The zero-order valence-electron chi connectivity index (χ0n) is 13.5. The van der Waals surface area contributed by atoms with Crippen molar-refractivity contribution in [1.82, 2.24) is 9.97 Å². The zero-order chi connectivity index (χ0) is 18.6. The van der Waals surface area contributed by atoms with Crippen molar-refractivity contribution in [3.05, 3.63) is 46.7 Å². The van der Waals surface area contributed by atoms with E-state index in [1.54, 1.807) is 0 Å². The number of nitrogens with one attached hydrogen (secondary N) is 2. The lowest BCUT2D eigenvalue weighted by Crippen LogP contribution is -2.19. The molecule has 9 heteroatoms. The lowest BCUT2D eigenvalue weighted by atomic mass is 10.2. The first-order valence-electron chi connectivity index (χ1n) is 7.48. The number of rotatable bonds is 5. The molecule has 0 spiro atoms. The second-order valence-electron chi connectivity index (χ2n) is 5.37. The summed E-state index contributed by atoms with van der Waals surface area (Å²) in [4.78, 5) is 20.3. The number of benzene rings is 1. The molecule has 1 aromatic heterocycles. The molecule has 2 rings (SSSR count). The summed E-state index contributed by atoms with van der Waals surface area (Å²) < 4.78 is 38.3. The van der Waals surface area contributed by atoms with Gasteiger partial charge in [-0.05, 0) is 37.6 Å². The Morgan fingerprint density at radius 1 is 1.32 bits per heavy atom. The third-order valence-electron chi connectivity index (χ3n) is 3.42. The number of carbonyl (C=O) groups is 1. The first-order chi connectivity index (χ1) is 11.7. The summed E-state index contributed by atoms with van der Waals surface area (Å²) in [6.07, 6.45) is -2.31. The monoisotopic (exact) mass is 372 g/mol. The summed E-state index contributed by atoms with van der Waals surface area (Å²) in [6, 6.07) is 4.17. The largest absolute Gasteiger partial charge is 0.416 e. The summed E-state index contributed by atoms with van der Waals surface area (Å²) in [5.41, 5.74) is -1.04. The number of hydrogen-bond donors (Lipinski definition) is 2. The first-order valence-corrected chi connectivity index (χ1v) is 7.86. The van der Waals surface area contributed by atoms with Crippen LogP contribution in [-0.4, -0.2) is 21.9 Å². The Kier molecular flexibility index (Phi) is 5.84. The molecule has 0 saturated carbocycles. The van der Waals surface area contributed by atoms with Gasteiger partial charge in [-0.3, -0.25) is 4.79 Å². The second-order valence-corrected chi connectivity index (χ2v) is 5.77. The highest BCUT2D eigenvalue weighted by Crippen LogP contribution is 2.33. The van der Waals surface area contributed by atoms with E-state index in [0.29, 0.717) is 0 Å². The number of amides is 1. The molecule has 0 saturated heterocycles. The standard InChI is InChI=1S/C16H16ClF3N4O/c1-3-9(2)22-15-21-7-6-12(24-15)14(25)23-13-8-10(16(18,19)20)4-5-11(13)17/h4-9H,3H2,1-2H3,(H,23,25)(H,21,22,24). The molecule has 0 aliphatic carbocycles. The molecule has 2 aromatic rings. The molecule has 0 radical (unpaired) electrons. The molecule has 2 N–H and O–H groups in total. The highest BCUT2D eigenvalue weighted by molar-refractivity contribution is 6.33. The molecule has 25 heavy (non-hydrogen) atoms. The predicted octanol–water partition coefficient (Wildman–Crippen LogP) is 4.61. The van der Waals surface area contributed by atoms with Crippen LogP contribution in [0.5, 0.6) is 0 Å². The maximum absolute atomic E-state index is 12.8. The Bertz CT molecular complexity index is 767. The van der Waals surface area contributed by atoms with Gasteiger partial charge in [0.2, 0.25) is 5.95 Å². The minimum atomic E-state index is -4.54. The van der Waals surface area contributed by atoms with Crippen LogP contribution in [0.4, 0.5) is 24.8 Å². The van der Waals surface area contributed by atoms with Gasteiger partial charge in [-0.15, -0.1) is 0 Å². The number of carbonyl (C=O) groups excluding carboxylic acids is 1. The molecule has 1 unspecified atom stereocenters. The second kappa shape index (κ2) is 7.69. The molecule has 1 atom stereocenters. The fourth-order valence-corrected chi connectivity index (χ4v) is 2.03. The molecule has 5 nitrogen and oxygen atoms in total. The van der Waals surface area contributed by atoms with Gasteiger partial charge in [0, 0.05) is 12.2 Å². The minimum absolute atomic E-state index is 0.00615. The number of halogens is 4. The third kappa shape index (κ3) is 5.06. The minimum Gasteiger partial charge on any atom is -0.352 e. The fourth-order valence-electron chi connectivity index (χ4n) is 1.86. The van der Waals surface area contributed by atoms with E-state index in [-0.39, 0.29) is 28.4 Å². The lowest BCUT2D eigenvalue weighted by molar-refractivity contribution is -0.137. The van der Waals surface area contributed by atoms with Gasteiger partial charge in [-0.2, -0.15) is 13.2 Å². The van der Waals surface area contributed by atoms with Gasteiger partial charge in [-0.25, -0.2) is 9.97 Å². The van der Waals surface area contributed by atoms with E-state index < -0.39 is 17.6 Å². The van der Waals surface area contributed by atoms with Crippen molar-refractivity contribution in [2.75, 3.05) is 10.6 Å². The van der Waals surface area contributed by atoms with Crippen molar-refractivity contribution in [3.8, 4) is 0 Å². The first kappa shape index (κ1) is 19.0. The highest BCUT2D eigenvalue weighted by atomic mass is 35.5. The van der Waals surface area contributed by atoms with Crippen molar-refractivity contribution in [1.29, 1.82) is 0 Å². The van der Waals surface area contributed by atoms with Crippen LogP contribution in [0, 0.1) is 0 Å². The number of hydrogen-bond acceptors (Lipinski definition) is 4. The number of aromatic nitrogens is 2. The van der Waals surface area contributed by atoms with Crippen LogP contribution in [0.25, 0.3) is 0 Å². The number of anilines is 2. The smallest absolute Gasteiger partial charge is 0.352 e.